The number of hydrogen-bond acceptors (Lipinski definition) is 7. The number of fused-ring (bicyclic) bond motifs is 1. The van der Waals surface area contributed by atoms with Crippen LogP contribution in [0.15, 0.2) is 36.4 Å². The van der Waals surface area contributed by atoms with E-state index in [2.05, 4.69) is 36.1 Å². The van der Waals surface area contributed by atoms with Crippen LogP contribution in [0.2, 0.25) is 0 Å². The van der Waals surface area contributed by atoms with Crippen molar-refractivity contribution in [2.75, 3.05) is 19.5 Å². The maximum atomic E-state index is 13.4. The fourth-order valence-electron chi connectivity index (χ4n) is 3.64. The van der Waals surface area contributed by atoms with Gasteiger partial charge in [0.1, 0.15) is 17.3 Å². The first-order valence-electron chi connectivity index (χ1n) is 11.0. The van der Waals surface area contributed by atoms with Gasteiger partial charge in [0.2, 0.25) is 5.88 Å². The molecule has 0 aliphatic rings. The molecule has 3 heterocycles. The van der Waals surface area contributed by atoms with Gasteiger partial charge >= 0.3 is 0 Å². The average Bonchev–Trinajstić information content (AvgIpc) is 3.35. The third-order valence-electron chi connectivity index (χ3n) is 5.44. The van der Waals surface area contributed by atoms with Crippen LogP contribution in [0.25, 0.3) is 10.2 Å². The van der Waals surface area contributed by atoms with Crippen molar-refractivity contribution in [3.05, 3.63) is 63.9 Å². The zero-order valence-electron chi connectivity index (χ0n) is 20.3. The number of ether oxygens (including phenoxy) is 2. The van der Waals surface area contributed by atoms with Crippen molar-refractivity contribution in [3.8, 4) is 5.88 Å². The molecular weight excluding hydrogens is 450 g/mol. The molecule has 1 N–H and O–H groups in total. The molecule has 0 aliphatic carbocycles. The minimum atomic E-state index is -0.217. The molecule has 3 aromatic heterocycles. The molecule has 0 radical (unpaired) electrons. The van der Waals surface area contributed by atoms with Crippen LogP contribution in [0.1, 0.15) is 53.1 Å². The van der Waals surface area contributed by atoms with E-state index in [1.807, 2.05) is 48.0 Å². The van der Waals surface area contributed by atoms with E-state index in [0.717, 1.165) is 22.2 Å². The summed E-state index contributed by atoms with van der Waals surface area (Å²) < 4.78 is 12.5. The lowest BCUT2D eigenvalue weighted by atomic mass is 9.92. The van der Waals surface area contributed by atoms with Gasteiger partial charge in [-0.15, -0.1) is 11.3 Å². The quantitative estimate of drug-likeness (QED) is 0.403. The van der Waals surface area contributed by atoms with Crippen molar-refractivity contribution in [1.82, 2.24) is 19.7 Å². The van der Waals surface area contributed by atoms with Crippen molar-refractivity contribution in [2.45, 2.75) is 46.3 Å². The standard InChI is InChI=1S/C25H29N5O3S/c1-15-20-23(33-6)26-18(14-32-5)27-24(20)34-21(15)22(31)28-19-12-17(25(2,3)4)29-30(19)13-16-10-8-7-9-11-16/h7-12H,13-14H2,1-6H3,(H,28,31). The number of aryl methyl sites for hydroxylation is 1. The van der Waals surface area contributed by atoms with Crippen molar-refractivity contribution in [3.63, 3.8) is 0 Å². The number of amides is 1. The van der Waals surface area contributed by atoms with Gasteiger partial charge in [-0.2, -0.15) is 10.1 Å². The molecule has 8 nitrogen and oxygen atoms in total. The molecule has 0 fully saturated rings. The number of thiophene rings is 1. The Kier molecular flexibility index (Phi) is 6.67. The first kappa shape index (κ1) is 23.8. The maximum Gasteiger partial charge on any atom is 0.267 e. The third kappa shape index (κ3) is 4.80. The van der Waals surface area contributed by atoms with Crippen LogP contribution in [0, 0.1) is 6.92 Å². The van der Waals surface area contributed by atoms with E-state index in [4.69, 9.17) is 14.6 Å². The van der Waals surface area contributed by atoms with Gasteiger partial charge in [-0.1, -0.05) is 51.1 Å². The molecule has 0 bridgehead atoms. The van der Waals surface area contributed by atoms with Crippen molar-refractivity contribution in [1.29, 1.82) is 0 Å². The molecule has 1 amide bonds. The van der Waals surface area contributed by atoms with Crippen LogP contribution in [0.4, 0.5) is 5.82 Å². The van der Waals surface area contributed by atoms with Gasteiger partial charge in [-0.3, -0.25) is 4.79 Å². The van der Waals surface area contributed by atoms with Crippen molar-refractivity contribution < 1.29 is 14.3 Å². The Balaban J connectivity index is 1.71. The second-order valence-electron chi connectivity index (χ2n) is 9.08. The molecule has 9 heteroatoms. The summed E-state index contributed by atoms with van der Waals surface area (Å²) in [6.07, 6.45) is 0. The average molecular weight is 480 g/mol. The Morgan fingerprint density at radius 2 is 1.88 bits per heavy atom. The van der Waals surface area contributed by atoms with E-state index in [1.54, 1.807) is 14.2 Å². The Morgan fingerprint density at radius 1 is 1.15 bits per heavy atom. The largest absolute Gasteiger partial charge is 0.480 e. The van der Waals surface area contributed by atoms with E-state index in [9.17, 15) is 4.79 Å². The first-order valence-corrected chi connectivity index (χ1v) is 11.8. The number of carbonyl (C=O) groups is 1. The van der Waals surface area contributed by atoms with Crippen LogP contribution < -0.4 is 10.1 Å². The lowest BCUT2D eigenvalue weighted by Crippen LogP contribution is -2.16. The normalized spacial score (nSPS) is 11.7. The summed E-state index contributed by atoms with van der Waals surface area (Å²) in [5.41, 5.74) is 2.63. The van der Waals surface area contributed by atoms with E-state index in [0.29, 0.717) is 33.8 Å². The fourth-order valence-corrected chi connectivity index (χ4v) is 4.72. The number of nitrogens with zero attached hydrogens (tertiary/aromatic N) is 4. The minimum absolute atomic E-state index is 0.157. The minimum Gasteiger partial charge on any atom is -0.480 e. The highest BCUT2D eigenvalue weighted by Gasteiger charge is 2.24. The smallest absolute Gasteiger partial charge is 0.267 e. The summed E-state index contributed by atoms with van der Waals surface area (Å²) >= 11 is 1.31. The zero-order chi connectivity index (χ0) is 24.5. The van der Waals surface area contributed by atoms with Crippen LogP contribution in [0.5, 0.6) is 5.88 Å². The molecule has 34 heavy (non-hydrogen) atoms. The number of benzene rings is 1. The Hall–Kier alpha value is -3.30. The predicted molar refractivity (Wildman–Crippen MR) is 134 cm³/mol. The Bertz CT molecular complexity index is 1320. The molecule has 0 atom stereocenters. The lowest BCUT2D eigenvalue weighted by molar-refractivity contribution is 0.102. The second-order valence-corrected chi connectivity index (χ2v) is 10.1. The SMILES string of the molecule is COCc1nc(OC)c2c(C)c(C(=O)Nc3cc(C(C)(C)C)nn3Cc3ccccc3)sc2n1. The lowest BCUT2D eigenvalue weighted by Gasteiger charge is -2.14. The monoisotopic (exact) mass is 479 g/mol. The number of rotatable bonds is 7. The molecule has 0 saturated heterocycles. The Labute approximate surface area is 203 Å². The van der Waals surface area contributed by atoms with Gasteiger partial charge in [0.05, 0.1) is 29.6 Å². The summed E-state index contributed by atoms with van der Waals surface area (Å²) in [7, 11) is 3.15. The molecule has 1 aromatic carbocycles. The van der Waals surface area contributed by atoms with E-state index >= 15 is 0 Å². The van der Waals surface area contributed by atoms with Gasteiger partial charge in [-0.05, 0) is 18.1 Å². The molecule has 4 rings (SSSR count). The molecule has 178 valence electrons. The summed E-state index contributed by atoms with van der Waals surface area (Å²) in [6, 6.07) is 12.0. The fraction of sp³-hybridized carbons (Fsp3) is 0.360. The molecule has 0 unspecified atom stereocenters. The van der Waals surface area contributed by atoms with E-state index in [1.165, 1.54) is 11.3 Å². The number of nitrogens with one attached hydrogen (secondary N) is 1. The first-order chi connectivity index (χ1) is 16.2. The van der Waals surface area contributed by atoms with Gasteiger partial charge in [0, 0.05) is 18.6 Å². The van der Waals surface area contributed by atoms with Crippen LogP contribution in [-0.2, 0) is 23.3 Å². The van der Waals surface area contributed by atoms with Gasteiger partial charge in [0.15, 0.2) is 5.82 Å². The van der Waals surface area contributed by atoms with Gasteiger partial charge < -0.3 is 14.8 Å². The van der Waals surface area contributed by atoms with Crippen LogP contribution in [0.3, 0.4) is 0 Å². The summed E-state index contributed by atoms with van der Waals surface area (Å²) in [4.78, 5) is 23.6. The van der Waals surface area contributed by atoms with Crippen LogP contribution in [-0.4, -0.2) is 39.9 Å². The maximum absolute atomic E-state index is 13.4. The number of methoxy groups -OCH3 is 2. The number of carbonyl (C=O) groups excluding carboxylic acids is 1. The highest BCUT2D eigenvalue weighted by atomic mass is 32.1. The molecule has 0 spiro atoms. The summed E-state index contributed by atoms with van der Waals surface area (Å²) in [5, 5.41) is 8.62. The second kappa shape index (κ2) is 9.52. The number of hydrogen-bond donors (Lipinski definition) is 1. The number of anilines is 1. The Morgan fingerprint density at radius 3 is 2.53 bits per heavy atom. The molecular formula is C25H29N5O3S. The third-order valence-corrected chi connectivity index (χ3v) is 6.63. The highest BCUT2D eigenvalue weighted by molar-refractivity contribution is 7.20. The summed E-state index contributed by atoms with van der Waals surface area (Å²) in [6.45, 7) is 9.01. The van der Waals surface area contributed by atoms with Crippen LogP contribution >= 0.6 is 11.3 Å². The zero-order valence-corrected chi connectivity index (χ0v) is 21.1. The molecule has 0 aliphatic heterocycles. The predicted octanol–water partition coefficient (Wildman–Crippen LogP) is 4.95. The van der Waals surface area contributed by atoms with E-state index < -0.39 is 0 Å². The molecule has 0 saturated carbocycles. The summed E-state index contributed by atoms with van der Waals surface area (Å²) in [5.74, 6) is 1.38. The van der Waals surface area contributed by atoms with Gasteiger partial charge in [-0.25, -0.2) is 9.67 Å². The van der Waals surface area contributed by atoms with E-state index in [-0.39, 0.29) is 17.9 Å². The van der Waals surface area contributed by atoms with Gasteiger partial charge in [0.25, 0.3) is 5.91 Å². The highest BCUT2D eigenvalue weighted by Crippen LogP contribution is 2.35. The topological polar surface area (TPSA) is 91.2 Å². The van der Waals surface area contributed by atoms with Crippen molar-refractivity contribution in [2.24, 2.45) is 0 Å². The number of aromatic nitrogens is 4. The van der Waals surface area contributed by atoms with Crippen molar-refractivity contribution >= 4 is 33.3 Å². The molecule has 4 aromatic rings.